The summed E-state index contributed by atoms with van der Waals surface area (Å²) in [5.41, 5.74) is 7.06. The van der Waals surface area contributed by atoms with E-state index in [1.54, 1.807) is 17.0 Å². The number of likely N-dealkylation sites (tertiary alicyclic amines) is 1. The van der Waals surface area contributed by atoms with Crippen LogP contribution in [0.25, 0.3) is 0 Å². The summed E-state index contributed by atoms with van der Waals surface area (Å²) >= 11 is 0. The fourth-order valence-electron chi connectivity index (χ4n) is 2.43. The van der Waals surface area contributed by atoms with Gasteiger partial charge in [-0.2, -0.15) is 0 Å². The molecule has 1 saturated heterocycles. The van der Waals surface area contributed by atoms with E-state index in [1.807, 2.05) is 12.1 Å². The van der Waals surface area contributed by atoms with Crippen molar-refractivity contribution in [2.75, 3.05) is 24.1 Å². The molecule has 0 aromatic heterocycles. The van der Waals surface area contributed by atoms with Gasteiger partial charge in [-0.05, 0) is 30.4 Å². The average Bonchev–Trinajstić information content (AvgIpc) is 2.55. The molecule has 0 bridgehead atoms. The van der Waals surface area contributed by atoms with E-state index in [1.165, 1.54) is 0 Å². The number of hydrogen-bond acceptors (Lipinski definition) is 3. The van der Waals surface area contributed by atoms with Crippen molar-refractivity contribution in [1.82, 2.24) is 4.90 Å². The highest BCUT2D eigenvalue weighted by Gasteiger charge is 2.28. The van der Waals surface area contributed by atoms with Crippen LogP contribution in [0, 0.1) is 5.41 Å². The molecule has 0 aliphatic carbocycles. The molecule has 0 radical (unpaired) electrons. The fraction of sp³-hybridized carbons (Fsp3) is 0.500. The van der Waals surface area contributed by atoms with Crippen molar-refractivity contribution >= 4 is 23.2 Å². The number of amides is 2. The molecule has 114 valence electrons. The number of rotatable bonds is 3. The van der Waals surface area contributed by atoms with Gasteiger partial charge in [0.15, 0.2) is 0 Å². The Labute approximate surface area is 125 Å². The minimum absolute atomic E-state index is 0.0526. The highest BCUT2D eigenvalue weighted by molar-refractivity contribution is 5.96. The molecule has 1 aromatic carbocycles. The van der Waals surface area contributed by atoms with Gasteiger partial charge in [0.05, 0.1) is 17.9 Å². The van der Waals surface area contributed by atoms with Crippen molar-refractivity contribution in [2.45, 2.75) is 33.1 Å². The monoisotopic (exact) mass is 289 g/mol. The van der Waals surface area contributed by atoms with Crippen LogP contribution >= 0.6 is 0 Å². The molecule has 2 amide bonds. The zero-order valence-electron chi connectivity index (χ0n) is 12.7. The Morgan fingerprint density at radius 3 is 2.76 bits per heavy atom. The first-order valence-corrected chi connectivity index (χ1v) is 7.29. The van der Waals surface area contributed by atoms with Crippen molar-refractivity contribution in [2.24, 2.45) is 5.41 Å². The molecule has 0 atom stereocenters. The van der Waals surface area contributed by atoms with Crippen LogP contribution in [0.3, 0.4) is 0 Å². The number of hydrogen-bond donors (Lipinski definition) is 2. The van der Waals surface area contributed by atoms with E-state index in [2.05, 4.69) is 19.2 Å². The molecule has 5 heteroatoms. The van der Waals surface area contributed by atoms with E-state index in [9.17, 15) is 9.59 Å². The molecule has 0 unspecified atom stereocenters. The maximum Gasteiger partial charge on any atom is 0.244 e. The maximum absolute atomic E-state index is 12.1. The topological polar surface area (TPSA) is 75.4 Å². The maximum atomic E-state index is 12.1. The lowest BCUT2D eigenvalue weighted by molar-refractivity contribution is -0.134. The van der Waals surface area contributed by atoms with Crippen molar-refractivity contribution in [3.05, 3.63) is 24.3 Å². The molecule has 5 nitrogen and oxygen atoms in total. The summed E-state index contributed by atoms with van der Waals surface area (Å²) in [6.45, 7) is 5.04. The van der Waals surface area contributed by atoms with Gasteiger partial charge in [-0.15, -0.1) is 0 Å². The second-order valence-corrected chi connectivity index (χ2v) is 6.36. The van der Waals surface area contributed by atoms with Gasteiger partial charge >= 0.3 is 0 Å². The molecule has 0 spiro atoms. The lowest BCUT2D eigenvalue weighted by Crippen LogP contribution is -2.37. The molecular weight excluding hydrogens is 266 g/mol. The Kier molecular flexibility index (Phi) is 4.50. The van der Waals surface area contributed by atoms with Crippen molar-refractivity contribution in [3.63, 3.8) is 0 Å². The zero-order chi connectivity index (χ0) is 15.5. The summed E-state index contributed by atoms with van der Waals surface area (Å²) in [5, 5.41) is 2.76. The van der Waals surface area contributed by atoms with Gasteiger partial charge in [0.1, 0.15) is 0 Å². The lowest BCUT2D eigenvalue weighted by atomic mass is 9.85. The van der Waals surface area contributed by atoms with E-state index < -0.39 is 0 Å². The van der Waals surface area contributed by atoms with E-state index >= 15 is 0 Å². The smallest absolute Gasteiger partial charge is 0.244 e. The second kappa shape index (κ2) is 6.16. The first-order valence-electron chi connectivity index (χ1n) is 7.29. The highest BCUT2D eigenvalue weighted by Crippen LogP contribution is 2.30. The van der Waals surface area contributed by atoms with Crippen molar-refractivity contribution in [1.29, 1.82) is 0 Å². The van der Waals surface area contributed by atoms with Gasteiger partial charge in [-0.3, -0.25) is 9.59 Å². The number of nitrogens with two attached hydrogens (primary N) is 1. The third-order valence-electron chi connectivity index (χ3n) is 4.00. The molecule has 21 heavy (non-hydrogen) atoms. The van der Waals surface area contributed by atoms with Crippen molar-refractivity contribution in [3.8, 4) is 0 Å². The van der Waals surface area contributed by atoms with Gasteiger partial charge in [0, 0.05) is 13.0 Å². The molecule has 3 N–H and O–H groups in total. The normalized spacial score (nSPS) is 18.2. The van der Waals surface area contributed by atoms with Crippen LogP contribution in [0.2, 0.25) is 0 Å². The second-order valence-electron chi connectivity index (χ2n) is 6.36. The Balaban J connectivity index is 1.96. The number of carbonyl (C=O) groups excluding carboxylic acids is 2. The quantitative estimate of drug-likeness (QED) is 0.838. The molecular formula is C16H23N3O2. The van der Waals surface area contributed by atoms with E-state index in [0.29, 0.717) is 24.3 Å². The van der Waals surface area contributed by atoms with Gasteiger partial charge in [0.2, 0.25) is 11.8 Å². The highest BCUT2D eigenvalue weighted by atomic mass is 16.2. The number of anilines is 2. The third kappa shape index (κ3) is 4.21. The number of benzene rings is 1. The zero-order valence-corrected chi connectivity index (χ0v) is 12.7. The Morgan fingerprint density at radius 2 is 2.05 bits per heavy atom. The van der Waals surface area contributed by atoms with Gasteiger partial charge in [-0.1, -0.05) is 26.0 Å². The number of carbonyl (C=O) groups is 2. The van der Waals surface area contributed by atoms with Crippen LogP contribution in [0.5, 0.6) is 0 Å². The number of nitrogens with one attached hydrogen (secondary N) is 1. The summed E-state index contributed by atoms with van der Waals surface area (Å²) < 4.78 is 0. The first kappa shape index (κ1) is 15.4. The standard InChI is InChI=1S/C16H23N3O2/c1-16(2)8-7-15(21)19(10-9-16)11-14(20)18-13-6-4-3-5-12(13)17/h3-6H,7-11,17H2,1-2H3,(H,18,20). The molecule has 1 aliphatic heterocycles. The van der Waals surface area contributed by atoms with Crippen molar-refractivity contribution < 1.29 is 9.59 Å². The summed E-state index contributed by atoms with van der Waals surface area (Å²) in [4.78, 5) is 25.8. The summed E-state index contributed by atoms with van der Waals surface area (Å²) in [6, 6.07) is 7.10. The van der Waals surface area contributed by atoms with Crippen LogP contribution in [-0.4, -0.2) is 29.8 Å². The molecule has 1 heterocycles. The Bertz CT molecular complexity index is 540. The predicted molar refractivity (Wildman–Crippen MR) is 83.7 cm³/mol. The SMILES string of the molecule is CC1(C)CCC(=O)N(CC(=O)Nc2ccccc2N)CC1. The first-order chi connectivity index (χ1) is 9.87. The summed E-state index contributed by atoms with van der Waals surface area (Å²) in [5.74, 6) is -0.155. The third-order valence-corrected chi connectivity index (χ3v) is 4.00. The van der Waals surface area contributed by atoms with E-state index in [4.69, 9.17) is 5.73 Å². The molecule has 2 rings (SSSR count). The van der Waals surface area contributed by atoms with Gasteiger partial charge < -0.3 is 16.0 Å². The number of para-hydroxylation sites is 2. The van der Waals surface area contributed by atoms with E-state index in [-0.39, 0.29) is 23.8 Å². The predicted octanol–water partition coefficient (Wildman–Crippen LogP) is 2.25. The van der Waals surface area contributed by atoms with Crippen LogP contribution in [-0.2, 0) is 9.59 Å². The average molecular weight is 289 g/mol. The lowest BCUT2D eigenvalue weighted by Gasteiger charge is -2.23. The van der Waals surface area contributed by atoms with Crippen LogP contribution < -0.4 is 11.1 Å². The van der Waals surface area contributed by atoms with Gasteiger partial charge in [-0.25, -0.2) is 0 Å². The molecule has 0 saturated carbocycles. The number of nitrogen functional groups attached to an aromatic ring is 1. The number of nitrogens with zero attached hydrogens (tertiary/aromatic N) is 1. The fourth-order valence-corrected chi connectivity index (χ4v) is 2.43. The Morgan fingerprint density at radius 1 is 1.33 bits per heavy atom. The van der Waals surface area contributed by atoms with Crippen LogP contribution in [0.1, 0.15) is 33.1 Å². The minimum Gasteiger partial charge on any atom is -0.397 e. The Hall–Kier alpha value is -2.04. The van der Waals surface area contributed by atoms with E-state index in [0.717, 1.165) is 12.8 Å². The summed E-state index contributed by atoms with van der Waals surface area (Å²) in [6.07, 6.45) is 2.29. The summed E-state index contributed by atoms with van der Waals surface area (Å²) in [7, 11) is 0. The van der Waals surface area contributed by atoms with Crippen LogP contribution in [0.4, 0.5) is 11.4 Å². The van der Waals surface area contributed by atoms with Crippen LogP contribution in [0.15, 0.2) is 24.3 Å². The minimum atomic E-state index is -0.207. The molecule has 1 aliphatic rings. The molecule has 1 fully saturated rings. The van der Waals surface area contributed by atoms with Gasteiger partial charge in [0.25, 0.3) is 0 Å². The largest absolute Gasteiger partial charge is 0.397 e. The molecule has 1 aromatic rings.